The van der Waals surface area contributed by atoms with Gasteiger partial charge in [-0.1, -0.05) is 34.5 Å². The molecule has 0 bridgehead atoms. The summed E-state index contributed by atoms with van der Waals surface area (Å²) in [6.45, 7) is 5.59. The summed E-state index contributed by atoms with van der Waals surface area (Å²) in [4.78, 5) is 2.37. The molecule has 1 atom stereocenters. The maximum absolute atomic E-state index is 6.37. The van der Waals surface area contributed by atoms with Gasteiger partial charge in [-0.25, -0.2) is 0 Å². The van der Waals surface area contributed by atoms with Crippen LogP contribution in [0.2, 0.25) is 5.02 Å². The van der Waals surface area contributed by atoms with Gasteiger partial charge in [0.25, 0.3) is 0 Å². The minimum Gasteiger partial charge on any atom is -0.375 e. The molecule has 2 heterocycles. The van der Waals surface area contributed by atoms with Crippen molar-refractivity contribution in [1.82, 2.24) is 14.7 Å². The Hall–Kier alpha value is -0.100. The van der Waals surface area contributed by atoms with E-state index in [1.165, 1.54) is 0 Å². The number of hydrogen-bond donors (Lipinski definition) is 0. The molecule has 1 fully saturated rings. The normalized spacial score (nSPS) is 21.4. The predicted molar refractivity (Wildman–Crippen MR) is 76.4 cm³/mol. The van der Waals surface area contributed by atoms with Gasteiger partial charge < -0.3 is 4.74 Å². The lowest BCUT2D eigenvalue weighted by atomic mass is 10.2. The summed E-state index contributed by atoms with van der Waals surface area (Å²) in [5.74, 6) is 0. The first-order valence-corrected chi connectivity index (χ1v) is 7.75. The van der Waals surface area contributed by atoms with E-state index in [4.69, 9.17) is 16.3 Å². The molecular formula is C12H19BrClN3O. The number of nitrogens with zero attached hydrogens (tertiary/aromatic N) is 3. The van der Waals surface area contributed by atoms with Crippen molar-refractivity contribution in [3.8, 4) is 0 Å². The fraction of sp³-hybridized carbons (Fsp3) is 0.750. The maximum Gasteiger partial charge on any atom is 0.0863 e. The van der Waals surface area contributed by atoms with Gasteiger partial charge in [0, 0.05) is 32.0 Å². The van der Waals surface area contributed by atoms with Crippen LogP contribution in [0.5, 0.6) is 0 Å². The van der Waals surface area contributed by atoms with E-state index in [-0.39, 0.29) is 6.10 Å². The van der Waals surface area contributed by atoms with E-state index in [0.717, 1.165) is 54.4 Å². The Balaban J connectivity index is 2.07. The third-order valence-electron chi connectivity index (χ3n) is 3.27. The van der Waals surface area contributed by atoms with Crippen LogP contribution in [0.3, 0.4) is 0 Å². The first-order valence-electron chi connectivity index (χ1n) is 6.25. The third kappa shape index (κ3) is 3.07. The number of alkyl halides is 1. The second kappa shape index (κ2) is 6.37. The molecule has 0 aromatic carbocycles. The molecule has 0 aliphatic carbocycles. The summed E-state index contributed by atoms with van der Waals surface area (Å²) in [5, 5.41) is 6.15. The van der Waals surface area contributed by atoms with Gasteiger partial charge in [0.15, 0.2) is 0 Å². The molecule has 1 aliphatic heterocycles. The highest BCUT2D eigenvalue weighted by atomic mass is 79.9. The van der Waals surface area contributed by atoms with Gasteiger partial charge in [0.2, 0.25) is 0 Å². The number of rotatable bonds is 4. The second-order valence-electron chi connectivity index (χ2n) is 4.57. The minimum atomic E-state index is 0.274. The van der Waals surface area contributed by atoms with Crippen molar-refractivity contribution in [2.24, 2.45) is 7.05 Å². The van der Waals surface area contributed by atoms with E-state index in [1.54, 1.807) is 0 Å². The van der Waals surface area contributed by atoms with E-state index >= 15 is 0 Å². The molecule has 1 aromatic rings. The van der Waals surface area contributed by atoms with Gasteiger partial charge in [0.1, 0.15) is 0 Å². The molecule has 1 unspecified atom stereocenters. The summed E-state index contributed by atoms with van der Waals surface area (Å²) in [7, 11) is 1.96. The average Bonchev–Trinajstić information content (AvgIpc) is 2.66. The number of hydrogen-bond acceptors (Lipinski definition) is 3. The Morgan fingerprint density at radius 1 is 1.56 bits per heavy atom. The fourth-order valence-electron chi connectivity index (χ4n) is 2.22. The Kier molecular flexibility index (Phi) is 5.06. The Bertz CT molecular complexity index is 410. The highest BCUT2D eigenvalue weighted by molar-refractivity contribution is 9.09. The molecule has 0 amide bonds. The van der Waals surface area contributed by atoms with Crippen molar-refractivity contribution in [3.63, 3.8) is 0 Å². The minimum absolute atomic E-state index is 0.274. The number of aryl methyl sites for hydroxylation is 2. The van der Waals surface area contributed by atoms with E-state index in [2.05, 4.69) is 32.9 Å². The highest BCUT2D eigenvalue weighted by Crippen LogP contribution is 2.23. The SMILES string of the molecule is CCc1nn(C)c(CN2CCOC(CBr)C2)c1Cl. The number of aromatic nitrogens is 2. The van der Waals surface area contributed by atoms with Crippen LogP contribution >= 0.6 is 27.5 Å². The lowest BCUT2D eigenvalue weighted by molar-refractivity contribution is -0.0188. The van der Waals surface area contributed by atoms with Gasteiger partial charge in [-0.2, -0.15) is 5.10 Å². The molecule has 1 saturated heterocycles. The van der Waals surface area contributed by atoms with Crippen LogP contribution in [-0.4, -0.2) is 45.8 Å². The lowest BCUT2D eigenvalue weighted by Crippen LogP contribution is -2.42. The molecule has 1 aliphatic rings. The monoisotopic (exact) mass is 335 g/mol. The molecule has 2 rings (SSSR count). The summed E-state index contributed by atoms with van der Waals surface area (Å²) in [6.07, 6.45) is 1.15. The van der Waals surface area contributed by atoms with Crippen LogP contribution in [0.25, 0.3) is 0 Å². The molecule has 102 valence electrons. The Morgan fingerprint density at radius 3 is 2.94 bits per heavy atom. The number of morpholine rings is 1. The van der Waals surface area contributed by atoms with E-state index in [0.29, 0.717) is 0 Å². The van der Waals surface area contributed by atoms with Crippen molar-refractivity contribution in [2.75, 3.05) is 25.0 Å². The van der Waals surface area contributed by atoms with Crippen LogP contribution in [0, 0.1) is 0 Å². The molecule has 0 N–H and O–H groups in total. The quantitative estimate of drug-likeness (QED) is 0.790. The topological polar surface area (TPSA) is 30.3 Å². The van der Waals surface area contributed by atoms with Gasteiger partial charge in [-0.15, -0.1) is 0 Å². The molecule has 0 saturated carbocycles. The third-order valence-corrected chi connectivity index (χ3v) is 4.43. The predicted octanol–water partition coefficient (Wildman–Crippen LogP) is 2.23. The molecule has 0 spiro atoms. The molecule has 4 nitrogen and oxygen atoms in total. The van der Waals surface area contributed by atoms with Gasteiger partial charge in [0.05, 0.1) is 29.1 Å². The molecular weight excluding hydrogens is 318 g/mol. The average molecular weight is 337 g/mol. The Labute approximate surface area is 121 Å². The summed E-state index contributed by atoms with van der Waals surface area (Å²) in [6, 6.07) is 0. The summed E-state index contributed by atoms with van der Waals surface area (Å²) in [5.41, 5.74) is 2.09. The van der Waals surface area contributed by atoms with E-state index in [1.807, 2.05) is 11.7 Å². The largest absolute Gasteiger partial charge is 0.375 e. The van der Waals surface area contributed by atoms with Crippen LogP contribution < -0.4 is 0 Å². The Morgan fingerprint density at radius 2 is 2.33 bits per heavy atom. The van der Waals surface area contributed by atoms with Gasteiger partial charge in [-0.05, 0) is 6.42 Å². The van der Waals surface area contributed by atoms with Crippen molar-refractivity contribution in [2.45, 2.75) is 26.0 Å². The smallest absolute Gasteiger partial charge is 0.0863 e. The highest BCUT2D eigenvalue weighted by Gasteiger charge is 2.22. The van der Waals surface area contributed by atoms with E-state index < -0.39 is 0 Å². The zero-order valence-electron chi connectivity index (χ0n) is 10.8. The van der Waals surface area contributed by atoms with Crippen molar-refractivity contribution >= 4 is 27.5 Å². The van der Waals surface area contributed by atoms with Crippen LogP contribution in [0.4, 0.5) is 0 Å². The number of halogens is 2. The molecule has 6 heteroatoms. The zero-order valence-corrected chi connectivity index (χ0v) is 13.2. The summed E-state index contributed by atoms with van der Waals surface area (Å²) >= 11 is 9.84. The van der Waals surface area contributed by atoms with Crippen LogP contribution in [-0.2, 0) is 24.8 Å². The molecule has 1 aromatic heterocycles. The first kappa shape index (κ1) is 14.3. The molecule has 0 radical (unpaired) electrons. The van der Waals surface area contributed by atoms with Crippen molar-refractivity contribution in [3.05, 3.63) is 16.4 Å². The van der Waals surface area contributed by atoms with Crippen molar-refractivity contribution < 1.29 is 4.74 Å². The van der Waals surface area contributed by atoms with Crippen molar-refractivity contribution in [1.29, 1.82) is 0 Å². The lowest BCUT2D eigenvalue weighted by Gasteiger charge is -2.32. The van der Waals surface area contributed by atoms with Gasteiger partial charge in [-0.3, -0.25) is 9.58 Å². The standard InChI is InChI=1S/C12H19BrClN3O/c1-3-10-12(14)11(16(2)15-10)8-17-4-5-18-9(6-13)7-17/h9H,3-8H2,1-2H3. The van der Waals surface area contributed by atoms with Gasteiger partial charge >= 0.3 is 0 Å². The van der Waals surface area contributed by atoms with E-state index in [9.17, 15) is 0 Å². The van der Waals surface area contributed by atoms with Crippen LogP contribution in [0.15, 0.2) is 0 Å². The fourth-order valence-corrected chi connectivity index (χ4v) is 2.97. The van der Waals surface area contributed by atoms with Crippen LogP contribution in [0.1, 0.15) is 18.3 Å². The summed E-state index contributed by atoms with van der Waals surface area (Å²) < 4.78 is 7.54. The first-order chi connectivity index (χ1) is 8.65. The molecule has 18 heavy (non-hydrogen) atoms. The zero-order chi connectivity index (χ0) is 13.1. The second-order valence-corrected chi connectivity index (χ2v) is 5.59. The number of ether oxygens (including phenoxy) is 1. The maximum atomic E-state index is 6.37.